The molecule has 2 amide bonds. The number of carbonyl (C=O) groups is 1. The van der Waals surface area contributed by atoms with Crippen molar-refractivity contribution < 1.29 is 4.79 Å². The summed E-state index contributed by atoms with van der Waals surface area (Å²) >= 11 is 0. The third kappa shape index (κ3) is 3.78. The van der Waals surface area contributed by atoms with Crippen molar-refractivity contribution in [2.45, 2.75) is 13.0 Å². The van der Waals surface area contributed by atoms with E-state index in [4.69, 9.17) is 5.26 Å². The number of aromatic nitrogens is 4. The number of urea groups is 1. The number of hydrogen-bond acceptors (Lipinski definition) is 5. The Labute approximate surface area is 109 Å². The number of amides is 2. The molecule has 96 valence electrons. The number of nitrogens with one attached hydrogen (secondary N) is 2. The Balaban J connectivity index is 1.89. The summed E-state index contributed by atoms with van der Waals surface area (Å²) in [5.74, 6) is 0.753. The molecule has 0 aliphatic heterocycles. The lowest BCUT2D eigenvalue weighted by Crippen LogP contribution is -2.20. The number of carbonyl (C=O) groups excluding carboxylic acids is 1. The first-order chi connectivity index (χ1) is 9.28. The van der Waals surface area contributed by atoms with Gasteiger partial charge in [0.15, 0.2) is 11.6 Å². The largest absolute Gasteiger partial charge is 0.326 e. The fourth-order valence-corrected chi connectivity index (χ4v) is 1.35. The predicted molar refractivity (Wildman–Crippen MR) is 67.1 cm³/mol. The van der Waals surface area contributed by atoms with Crippen molar-refractivity contribution in [3.05, 3.63) is 30.6 Å². The average molecular weight is 257 g/mol. The topological polar surface area (TPSA) is 109 Å². The molecule has 2 heterocycles. The monoisotopic (exact) mass is 257 g/mol. The van der Waals surface area contributed by atoms with Crippen molar-refractivity contribution in [1.82, 2.24) is 20.0 Å². The smallest absolute Gasteiger partial charge is 0.291 e. The molecule has 2 aromatic heterocycles. The fourth-order valence-electron chi connectivity index (χ4n) is 1.35. The summed E-state index contributed by atoms with van der Waals surface area (Å²) in [7, 11) is 0. The van der Waals surface area contributed by atoms with Gasteiger partial charge in [0.1, 0.15) is 0 Å². The SMILES string of the molecule is N#CCCn1ccc(NC(=O)Nc2cccnn2)n1. The van der Waals surface area contributed by atoms with E-state index in [1.165, 1.54) is 6.20 Å². The summed E-state index contributed by atoms with van der Waals surface area (Å²) in [5, 5.41) is 25.0. The van der Waals surface area contributed by atoms with Gasteiger partial charge in [-0.05, 0) is 12.1 Å². The van der Waals surface area contributed by atoms with Gasteiger partial charge < -0.3 is 0 Å². The summed E-state index contributed by atoms with van der Waals surface area (Å²) < 4.78 is 1.58. The van der Waals surface area contributed by atoms with Gasteiger partial charge in [-0.2, -0.15) is 15.5 Å². The van der Waals surface area contributed by atoms with Crippen LogP contribution in [0.2, 0.25) is 0 Å². The Bertz CT molecular complexity index is 587. The Morgan fingerprint density at radius 3 is 2.95 bits per heavy atom. The number of nitrogens with zero attached hydrogens (tertiary/aromatic N) is 5. The normalized spacial score (nSPS) is 9.63. The second kappa shape index (κ2) is 6.11. The van der Waals surface area contributed by atoms with E-state index in [9.17, 15) is 4.79 Å². The molecule has 8 nitrogen and oxygen atoms in total. The van der Waals surface area contributed by atoms with Crippen molar-refractivity contribution >= 4 is 17.7 Å². The molecule has 2 rings (SSSR count). The van der Waals surface area contributed by atoms with Crippen LogP contribution in [0.1, 0.15) is 6.42 Å². The summed E-state index contributed by atoms with van der Waals surface area (Å²) in [6.07, 6.45) is 3.57. The van der Waals surface area contributed by atoms with E-state index in [1.54, 1.807) is 29.1 Å². The molecule has 0 unspecified atom stereocenters. The molecular formula is C11H11N7O. The molecule has 8 heteroatoms. The lowest BCUT2D eigenvalue weighted by Gasteiger charge is -2.03. The Morgan fingerprint density at radius 2 is 2.21 bits per heavy atom. The summed E-state index contributed by atoms with van der Waals surface area (Å²) in [4.78, 5) is 11.6. The fraction of sp³-hybridized carbons (Fsp3) is 0.182. The van der Waals surface area contributed by atoms with Crippen molar-refractivity contribution in [2.24, 2.45) is 0 Å². The molecule has 0 aliphatic rings. The molecule has 0 aliphatic carbocycles. The first-order valence-corrected chi connectivity index (χ1v) is 5.54. The third-order valence-corrected chi connectivity index (χ3v) is 2.15. The highest BCUT2D eigenvalue weighted by Gasteiger charge is 2.05. The molecule has 19 heavy (non-hydrogen) atoms. The zero-order valence-electron chi connectivity index (χ0n) is 9.95. The van der Waals surface area contributed by atoms with Gasteiger partial charge in [-0.15, -0.1) is 5.10 Å². The van der Waals surface area contributed by atoms with Crippen molar-refractivity contribution in [3.63, 3.8) is 0 Å². The molecule has 0 atom stereocenters. The molecule has 0 aromatic carbocycles. The van der Waals surface area contributed by atoms with Crippen LogP contribution in [0.15, 0.2) is 30.6 Å². The number of aryl methyl sites for hydroxylation is 1. The molecule has 2 N–H and O–H groups in total. The van der Waals surface area contributed by atoms with E-state index >= 15 is 0 Å². The molecule has 2 aromatic rings. The highest BCUT2D eigenvalue weighted by atomic mass is 16.2. The zero-order chi connectivity index (χ0) is 13.5. The van der Waals surface area contributed by atoms with Gasteiger partial charge in [0.25, 0.3) is 0 Å². The Kier molecular flexibility index (Phi) is 4.02. The van der Waals surface area contributed by atoms with Gasteiger partial charge in [0, 0.05) is 18.5 Å². The lowest BCUT2D eigenvalue weighted by molar-refractivity contribution is 0.262. The van der Waals surface area contributed by atoms with Crippen LogP contribution >= 0.6 is 0 Å². The van der Waals surface area contributed by atoms with Gasteiger partial charge in [-0.3, -0.25) is 15.3 Å². The number of hydrogen-bond donors (Lipinski definition) is 2. The maximum absolute atomic E-state index is 11.6. The van der Waals surface area contributed by atoms with Crippen molar-refractivity contribution in [3.8, 4) is 6.07 Å². The standard InChI is InChI=1S/C11H11N7O/c12-5-2-7-18-8-4-10(17-18)15-11(19)14-9-3-1-6-13-16-9/h1,3-4,6,8H,2,7H2,(H2,14,15,16,17,19). The van der Waals surface area contributed by atoms with E-state index in [1.807, 2.05) is 6.07 Å². The van der Waals surface area contributed by atoms with E-state index in [-0.39, 0.29) is 0 Å². The van der Waals surface area contributed by atoms with Crippen LogP contribution in [0, 0.1) is 11.3 Å². The number of rotatable bonds is 4. The van der Waals surface area contributed by atoms with Crippen molar-refractivity contribution in [2.75, 3.05) is 10.6 Å². The lowest BCUT2D eigenvalue weighted by atomic mass is 10.5. The quantitative estimate of drug-likeness (QED) is 0.856. The van der Waals surface area contributed by atoms with Crippen LogP contribution in [0.25, 0.3) is 0 Å². The minimum Gasteiger partial charge on any atom is -0.291 e. The van der Waals surface area contributed by atoms with Crippen molar-refractivity contribution in [1.29, 1.82) is 5.26 Å². The van der Waals surface area contributed by atoms with E-state index < -0.39 is 6.03 Å². The second-order valence-electron chi connectivity index (χ2n) is 3.56. The average Bonchev–Trinajstić information content (AvgIpc) is 2.85. The van der Waals surface area contributed by atoms with Gasteiger partial charge in [-0.1, -0.05) is 0 Å². The van der Waals surface area contributed by atoms with Crippen LogP contribution < -0.4 is 10.6 Å². The van der Waals surface area contributed by atoms with Crippen LogP contribution in [-0.4, -0.2) is 26.0 Å². The third-order valence-electron chi connectivity index (χ3n) is 2.15. The first kappa shape index (κ1) is 12.5. The van der Waals surface area contributed by atoms with E-state index in [0.29, 0.717) is 24.6 Å². The minimum absolute atomic E-state index is 0.351. The van der Waals surface area contributed by atoms with Gasteiger partial charge in [0.2, 0.25) is 0 Å². The van der Waals surface area contributed by atoms with Crippen LogP contribution in [0.3, 0.4) is 0 Å². The molecule has 0 bridgehead atoms. The van der Waals surface area contributed by atoms with Crippen LogP contribution in [-0.2, 0) is 6.54 Å². The van der Waals surface area contributed by atoms with Gasteiger partial charge >= 0.3 is 6.03 Å². The first-order valence-electron chi connectivity index (χ1n) is 5.54. The maximum Gasteiger partial charge on any atom is 0.326 e. The molecule has 0 saturated heterocycles. The second-order valence-corrected chi connectivity index (χ2v) is 3.56. The molecule has 0 radical (unpaired) electrons. The summed E-state index contributed by atoms with van der Waals surface area (Å²) in [6, 6.07) is 6.51. The highest BCUT2D eigenvalue weighted by Crippen LogP contribution is 2.04. The van der Waals surface area contributed by atoms with Crippen LogP contribution in [0.4, 0.5) is 16.4 Å². The van der Waals surface area contributed by atoms with Crippen LogP contribution in [0.5, 0.6) is 0 Å². The number of anilines is 2. The molecule has 0 fully saturated rings. The predicted octanol–water partition coefficient (Wildman–Crippen LogP) is 1.23. The zero-order valence-corrected chi connectivity index (χ0v) is 9.95. The van der Waals surface area contributed by atoms with Gasteiger partial charge in [-0.25, -0.2) is 4.79 Å². The number of nitriles is 1. The summed E-state index contributed by atoms with van der Waals surface area (Å²) in [5.41, 5.74) is 0. The molecular weight excluding hydrogens is 246 g/mol. The Hall–Kier alpha value is -2.95. The minimum atomic E-state index is -0.453. The maximum atomic E-state index is 11.6. The highest BCUT2D eigenvalue weighted by molar-refractivity contribution is 5.98. The van der Waals surface area contributed by atoms with Gasteiger partial charge in [0.05, 0.1) is 19.0 Å². The van der Waals surface area contributed by atoms with E-state index in [0.717, 1.165) is 0 Å². The Morgan fingerprint density at radius 1 is 1.37 bits per heavy atom. The molecule has 0 saturated carbocycles. The van der Waals surface area contributed by atoms with E-state index in [2.05, 4.69) is 25.9 Å². The molecule has 0 spiro atoms. The summed E-state index contributed by atoms with van der Waals surface area (Å²) in [6.45, 7) is 0.490.